The molecule has 0 aromatic heterocycles. The average molecular weight is 997 g/mol. The second kappa shape index (κ2) is 25.9. The summed E-state index contributed by atoms with van der Waals surface area (Å²) in [7, 11) is 0. The van der Waals surface area contributed by atoms with E-state index in [-0.39, 0.29) is 70.5 Å². The molecule has 21 heteroatoms. The van der Waals surface area contributed by atoms with E-state index in [1.807, 2.05) is 0 Å². The second-order valence-corrected chi connectivity index (χ2v) is 21.2. The van der Waals surface area contributed by atoms with Gasteiger partial charge in [-0.2, -0.15) is 0 Å². The van der Waals surface area contributed by atoms with Gasteiger partial charge in [0.15, 0.2) is 0 Å². The van der Waals surface area contributed by atoms with E-state index in [1.54, 1.807) is 119 Å². The number of fused-ring (bicyclic) bond motifs is 5. The lowest BCUT2D eigenvalue weighted by molar-refractivity contribution is -0.134. The van der Waals surface area contributed by atoms with Gasteiger partial charge >= 0.3 is 24.4 Å². The Morgan fingerprint density at radius 2 is 1.14 bits per heavy atom. The standard InChI is InChI=1S/C50H76N8O13/c1-47(2,3)68-43(64)52-22-14-18-34(39(60)51-24-25-54-45(66)70-49(7,8)9)55-41(62)36-27-30-16-13-17-31(26-30)32-20-21-38(59)33(28-32)29-37(58-46(67)71-50(10,11)12)42(63)56-35(40(61)57-36)19-15-23-53-44(65)69-48(4,5)6/h13,16-17,20-21,26,28,34-37,59H,14-15,18-19,22-25,27,29H2,1-12H3,(H,51,60)(H,52,64)(H,53,65)(H,54,66)(H,55,62)(H,56,63)(H,57,61)(H,58,67)/t34-,35-,36-,37-/m0/s1. The molecule has 9 N–H and O–H groups in total. The molecule has 0 saturated heterocycles. The van der Waals surface area contributed by atoms with Crippen LogP contribution in [-0.4, -0.2) is 126 Å². The number of phenols is 1. The quantitative estimate of drug-likeness (QED) is 0.0861. The molecule has 0 aliphatic carbocycles. The van der Waals surface area contributed by atoms with Crippen LogP contribution in [0.2, 0.25) is 0 Å². The molecule has 0 saturated carbocycles. The monoisotopic (exact) mass is 997 g/mol. The zero-order chi connectivity index (χ0) is 53.3. The largest absolute Gasteiger partial charge is 0.508 e. The Kier molecular flexibility index (Phi) is 21.3. The third-order valence-corrected chi connectivity index (χ3v) is 9.88. The van der Waals surface area contributed by atoms with Crippen molar-refractivity contribution in [3.05, 3.63) is 53.6 Å². The summed E-state index contributed by atoms with van der Waals surface area (Å²) in [6.07, 6.45) is -3.06. The minimum absolute atomic E-state index is 0.00633. The molecule has 1 heterocycles. The van der Waals surface area contributed by atoms with E-state index in [4.69, 9.17) is 18.9 Å². The van der Waals surface area contributed by atoms with E-state index in [0.29, 0.717) is 22.3 Å². The first-order valence-electron chi connectivity index (χ1n) is 23.9. The predicted octanol–water partition coefficient (Wildman–Crippen LogP) is 4.76. The highest BCUT2D eigenvalue weighted by atomic mass is 16.6. The molecule has 71 heavy (non-hydrogen) atoms. The minimum Gasteiger partial charge on any atom is -0.508 e. The van der Waals surface area contributed by atoms with E-state index in [0.717, 1.165) is 0 Å². The fourth-order valence-corrected chi connectivity index (χ4v) is 6.89. The summed E-state index contributed by atoms with van der Waals surface area (Å²) in [4.78, 5) is 108. The molecule has 3 rings (SSSR count). The van der Waals surface area contributed by atoms with E-state index < -0.39 is 94.6 Å². The van der Waals surface area contributed by atoms with Crippen LogP contribution in [0.1, 0.15) is 120 Å². The molecule has 2 aromatic carbocycles. The Balaban J connectivity index is 2.04. The predicted molar refractivity (Wildman–Crippen MR) is 264 cm³/mol. The summed E-state index contributed by atoms with van der Waals surface area (Å²) in [5, 5.41) is 32.4. The fraction of sp³-hybridized carbons (Fsp3) is 0.600. The summed E-state index contributed by atoms with van der Waals surface area (Å²) >= 11 is 0. The summed E-state index contributed by atoms with van der Waals surface area (Å²) in [6.45, 7) is 20.4. The third kappa shape index (κ3) is 23.1. The molecule has 21 nitrogen and oxygen atoms in total. The minimum atomic E-state index is -1.39. The number of carbonyl (C=O) groups excluding carboxylic acids is 8. The molecule has 0 spiro atoms. The molecule has 0 radical (unpaired) electrons. The molecule has 1 aliphatic heterocycles. The summed E-state index contributed by atoms with van der Waals surface area (Å²) in [5.74, 6) is -3.18. The van der Waals surface area contributed by atoms with Crippen molar-refractivity contribution in [2.45, 2.75) is 168 Å². The van der Waals surface area contributed by atoms with Crippen molar-refractivity contribution >= 4 is 48.0 Å². The maximum atomic E-state index is 14.6. The van der Waals surface area contributed by atoms with Crippen LogP contribution in [0, 0.1) is 0 Å². The summed E-state index contributed by atoms with van der Waals surface area (Å²) < 4.78 is 21.4. The molecule has 4 atom stereocenters. The Labute approximate surface area is 416 Å². The van der Waals surface area contributed by atoms with E-state index in [2.05, 4.69) is 42.5 Å². The number of ether oxygens (including phenoxy) is 4. The highest BCUT2D eigenvalue weighted by molar-refractivity contribution is 5.95. The summed E-state index contributed by atoms with van der Waals surface area (Å²) in [5.41, 5.74) is -1.05. The first-order valence-corrected chi connectivity index (χ1v) is 23.9. The number of alkyl carbamates (subject to hydrolysis) is 4. The smallest absolute Gasteiger partial charge is 0.408 e. The number of nitrogens with one attached hydrogen (secondary N) is 8. The highest BCUT2D eigenvalue weighted by Crippen LogP contribution is 2.28. The van der Waals surface area contributed by atoms with Crippen LogP contribution >= 0.6 is 0 Å². The molecule has 2 aromatic rings. The van der Waals surface area contributed by atoms with Gasteiger partial charge in [-0.1, -0.05) is 30.3 Å². The maximum absolute atomic E-state index is 14.6. The van der Waals surface area contributed by atoms with Crippen molar-refractivity contribution in [2.24, 2.45) is 0 Å². The average Bonchev–Trinajstić information content (AvgIpc) is 3.21. The van der Waals surface area contributed by atoms with Gasteiger partial charge in [0.1, 0.15) is 52.3 Å². The topological polar surface area (TPSA) is 290 Å². The van der Waals surface area contributed by atoms with Crippen molar-refractivity contribution < 1.29 is 62.4 Å². The van der Waals surface area contributed by atoms with Gasteiger partial charge in [-0.15, -0.1) is 0 Å². The number of rotatable bonds is 15. The SMILES string of the molecule is CC(C)(C)OC(=O)NCCC[C@H](NC(=O)[C@@H]1Cc2cccc(c2)-c2ccc(O)c(c2)C[C@H](NC(=O)OC(C)(C)C)C(=O)N[C@@H](CCCNC(=O)OC(C)(C)C)C(=O)N1)C(=O)NCCNC(=O)OC(C)(C)C. The van der Waals surface area contributed by atoms with Crippen molar-refractivity contribution in [2.75, 3.05) is 26.2 Å². The summed E-state index contributed by atoms with van der Waals surface area (Å²) in [6, 6.07) is 6.57. The normalized spacial score (nSPS) is 17.0. The number of carbonyl (C=O) groups is 8. The third-order valence-electron chi connectivity index (χ3n) is 9.88. The van der Waals surface area contributed by atoms with Gasteiger partial charge in [0.2, 0.25) is 23.6 Å². The van der Waals surface area contributed by atoms with Gasteiger partial charge < -0.3 is 66.6 Å². The number of hydrogen-bond donors (Lipinski definition) is 9. The van der Waals surface area contributed by atoms with Gasteiger partial charge in [0, 0.05) is 39.0 Å². The second-order valence-electron chi connectivity index (χ2n) is 21.2. The van der Waals surface area contributed by atoms with Gasteiger partial charge in [-0.25, -0.2) is 19.2 Å². The Morgan fingerprint density at radius 3 is 1.72 bits per heavy atom. The number of hydrogen-bond acceptors (Lipinski definition) is 13. The molecule has 394 valence electrons. The number of aromatic hydroxyl groups is 1. The van der Waals surface area contributed by atoms with Crippen LogP contribution in [0.15, 0.2) is 42.5 Å². The zero-order valence-electron chi connectivity index (χ0n) is 43.3. The molecule has 1 aliphatic rings. The Bertz CT molecular complexity index is 2190. The van der Waals surface area contributed by atoms with Crippen molar-refractivity contribution in [3.8, 4) is 16.9 Å². The molecule has 8 amide bonds. The first kappa shape index (κ1) is 58.5. The molecular formula is C50H76N8O13. The maximum Gasteiger partial charge on any atom is 0.408 e. The first-order chi connectivity index (χ1) is 32.9. The number of amides is 8. The van der Waals surface area contributed by atoms with Crippen LogP contribution < -0.4 is 42.5 Å². The molecule has 0 fully saturated rings. The number of phenolic OH excluding ortho intramolecular Hbond substituents is 1. The lowest BCUT2D eigenvalue weighted by Gasteiger charge is -2.27. The van der Waals surface area contributed by atoms with Gasteiger partial charge in [-0.05, 0) is 143 Å². The molecule has 4 bridgehead atoms. The van der Waals surface area contributed by atoms with Gasteiger partial charge in [-0.3, -0.25) is 19.2 Å². The lowest BCUT2D eigenvalue weighted by Crippen LogP contribution is -2.59. The zero-order valence-corrected chi connectivity index (χ0v) is 43.3. The van der Waals surface area contributed by atoms with Crippen molar-refractivity contribution in [3.63, 3.8) is 0 Å². The van der Waals surface area contributed by atoms with Crippen molar-refractivity contribution in [1.82, 2.24) is 42.5 Å². The van der Waals surface area contributed by atoms with Gasteiger partial charge in [0.05, 0.1) is 0 Å². The number of benzene rings is 2. The lowest BCUT2D eigenvalue weighted by atomic mass is 9.95. The highest BCUT2D eigenvalue weighted by Gasteiger charge is 2.33. The Morgan fingerprint density at radius 1 is 0.620 bits per heavy atom. The van der Waals surface area contributed by atoms with Gasteiger partial charge in [0.25, 0.3) is 0 Å². The van der Waals surface area contributed by atoms with Crippen molar-refractivity contribution in [1.29, 1.82) is 0 Å². The van der Waals surface area contributed by atoms with E-state index in [9.17, 15) is 43.5 Å². The van der Waals surface area contributed by atoms with E-state index >= 15 is 0 Å². The Hall–Kier alpha value is -6.80. The fourth-order valence-electron chi connectivity index (χ4n) is 6.89. The molecular weight excluding hydrogens is 921 g/mol. The molecule has 0 unspecified atom stereocenters. The van der Waals surface area contributed by atoms with E-state index in [1.165, 1.54) is 6.07 Å². The van der Waals surface area contributed by atoms with Crippen LogP contribution in [0.5, 0.6) is 5.75 Å². The van der Waals surface area contributed by atoms with Crippen LogP contribution in [0.4, 0.5) is 19.2 Å². The van der Waals surface area contributed by atoms with Crippen LogP contribution in [0.3, 0.4) is 0 Å². The van der Waals surface area contributed by atoms with Crippen LogP contribution in [0.25, 0.3) is 11.1 Å². The van der Waals surface area contributed by atoms with Crippen LogP contribution in [-0.2, 0) is 51.0 Å².